The average molecular weight is 217 g/mol. The van der Waals surface area contributed by atoms with Crippen LogP contribution >= 0.6 is 12.4 Å². The van der Waals surface area contributed by atoms with Crippen LogP contribution in [0.4, 0.5) is 0 Å². The molecular weight excluding hydrogens is 196 g/mol. The molecule has 1 aromatic heterocycles. The SMILES string of the molecule is CC(C)Cc1cnc(CC(C)C)[nH]1.Cl. The van der Waals surface area contributed by atoms with Crippen LogP contribution in [0.2, 0.25) is 0 Å². The highest BCUT2D eigenvalue weighted by atomic mass is 35.5. The van der Waals surface area contributed by atoms with Gasteiger partial charge in [0.2, 0.25) is 0 Å². The molecule has 0 bridgehead atoms. The van der Waals surface area contributed by atoms with Crippen molar-refractivity contribution in [3.05, 3.63) is 17.7 Å². The van der Waals surface area contributed by atoms with Crippen molar-refractivity contribution in [3.8, 4) is 0 Å². The quantitative estimate of drug-likeness (QED) is 0.823. The molecule has 1 heterocycles. The summed E-state index contributed by atoms with van der Waals surface area (Å²) in [7, 11) is 0. The molecule has 0 saturated heterocycles. The van der Waals surface area contributed by atoms with Crippen molar-refractivity contribution in [2.45, 2.75) is 40.5 Å². The summed E-state index contributed by atoms with van der Waals surface area (Å²) in [6.45, 7) is 8.88. The zero-order chi connectivity index (χ0) is 9.84. The number of aromatic nitrogens is 2. The third kappa shape index (κ3) is 4.66. The molecule has 14 heavy (non-hydrogen) atoms. The van der Waals surface area contributed by atoms with Crippen molar-refractivity contribution in [1.82, 2.24) is 9.97 Å². The van der Waals surface area contributed by atoms with E-state index >= 15 is 0 Å². The number of halogens is 1. The maximum atomic E-state index is 4.35. The number of hydrogen-bond donors (Lipinski definition) is 1. The number of hydrogen-bond acceptors (Lipinski definition) is 1. The molecule has 0 radical (unpaired) electrons. The lowest BCUT2D eigenvalue weighted by atomic mass is 10.1. The molecule has 0 unspecified atom stereocenters. The lowest BCUT2D eigenvalue weighted by Crippen LogP contribution is -1.97. The average Bonchev–Trinajstić information content (AvgIpc) is 2.33. The molecule has 3 heteroatoms. The zero-order valence-electron chi connectivity index (χ0n) is 9.50. The summed E-state index contributed by atoms with van der Waals surface area (Å²) >= 11 is 0. The summed E-state index contributed by atoms with van der Waals surface area (Å²) in [4.78, 5) is 7.72. The number of nitrogens with zero attached hydrogens (tertiary/aromatic N) is 1. The van der Waals surface area contributed by atoms with E-state index in [0.717, 1.165) is 18.7 Å². The van der Waals surface area contributed by atoms with Gasteiger partial charge in [0.1, 0.15) is 5.82 Å². The van der Waals surface area contributed by atoms with E-state index in [1.54, 1.807) is 0 Å². The van der Waals surface area contributed by atoms with Gasteiger partial charge in [-0.2, -0.15) is 0 Å². The molecule has 0 aliphatic carbocycles. The number of nitrogens with one attached hydrogen (secondary N) is 1. The first-order chi connectivity index (χ1) is 6.08. The third-order valence-corrected chi connectivity index (χ3v) is 1.91. The van der Waals surface area contributed by atoms with Crippen LogP contribution in [0.15, 0.2) is 6.20 Å². The Hall–Kier alpha value is -0.500. The molecule has 0 aromatic carbocycles. The van der Waals surface area contributed by atoms with Gasteiger partial charge in [-0.1, -0.05) is 27.7 Å². The van der Waals surface area contributed by atoms with Crippen molar-refractivity contribution in [2.75, 3.05) is 0 Å². The largest absolute Gasteiger partial charge is 0.346 e. The Morgan fingerprint density at radius 3 is 2.21 bits per heavy atom. The van der Waals surface area contributed by atoms with Crippen LogP contribution < -0.4 is 0 Å². The monoisotopic (exact) mass is 216 g/mol. The molecule has 0 aliphatic rings. The standard InChI is InChI=1S/C11H20N2.ClH/c1-8(2)5-10-7-12-11(13-10)6-9(3)4;/h7-9H,5-6H2,1-4H3,(H,12,13);1H. The highest BCUT2D eigenvalue weighted by Gasteiger charge is 2.04. The maximum Gasteiger partial charge on any atom is 0.106 e. The molecule has 0 spiro atoms. The molecule has 82 valence electrons. The summed E-state index contributed by atoms with van der Waals surface area (Å²) in [5.41, 5.74) is 1.27. The minimum absolute atomic E-state index is 0. The van der Waals surface area contributed by atoms with Crippen LogP contribution in [0.3, 0.4) is 0 Å². The Morgan fingerprint density at radius 2 is 1.71 bits per heavy atom. The first-order valence-corrected chi connectivity index (χ1v) is 5.10. The Morgan fingerprint density at radius 1 is 1.14 bits per heavy atom. The molecule has 0 fully saturated rings. The maximum absolute atomic E-state index is 4.35. The number of imidazole rings is 1. The summed E-state index contributed by atoms with van der Waals surface area (Å²) in [6.07, 6.45) is 4.13. The van der Waals surface area contributed by atoms with Gasteiger partial charge >= 0.3 is 0 Å². The minimum atomic E-state index is 0. The molecule has 0 aliphatic heterocycles. The van der Waals surface area contributed by atoms with Crippen molar-refractivity contribution in [3.63, 3.8) is 0 Å². The van der Waals surface area contributed by atoms with Crippen molar-refractivity contribution in [2.24, 2.45) is 11.8 Å². The number of aromatic amines is 1. The van der Waals surface area contributed by atoms with Crippen molar-refractivity contribution < 1.29 is 0 Å². The molecule has 1 rings (SSSR count). The second-order valence-electron chi connectivity index (χ2n) is 4.55. The van der Waals surface area contributed by atoms with Gasteiger partial charge in [-0.15, -0.1) is 12.4 Å². The smallest absolute Gasteiger partial charge is 0.106 e. The topological polar surface area (TPSA) is 28.7 Å². The summed E-state index contributed by atoms with van der Waals surface area (Å²) in [5, 5.41) is 0. The third-order valence-electron chi connectivity index (χ3n) is 1.91. The van der Waals surface area contributed by atoms with Gasteiger partial charge in [0, 0.05) is 18.3 Å². The molecule has 0 amide bonds. The van der Waals surface area contributed by atoms with Gasteiger partial charge in [0.15, 0.2) is 0 Å². The molecule has 1 N–H and O–H groups in total. The Bertz CT molecular complexity index is 229. The van der Waals surface area contributed by atoms with Crippen LogP contribution in [0.1, 0.15) is 39.2 Å². The first kappa shape index (κ1) is 13.5. The Kier molecular flexibility index (Phi) is 5.86. The summed E-state index contributed by atoms with van der Waals surface area (Å²) in [6, 6.07) is 0. The Labute approximate surface area is 92.9 Å². The van der Waals surface area contributed by atoms with Crippen LogP contribution in [0, 0.1) is 11.8 Å². The van der Waals surface area contributed by atoms with E-state index in [1.807, 2.05) is 6.20 Å². The molecule has 1 aromatic rings. The van der Waals surface area contributed by atoms with Crippen LogP contribution in [-0.2, 0) is 12.8 Å². The van der Waals surface area contributed by atoms with Gasteiger partial charge in [-0.05, 0) is 18.3 Å². The van der Waals surface area contributed by atoms with E-state index in [-0.39, 0.29) is 12.4 Å². The van der Waals surface area contributed by atoms with Gasteiger partial charge in [0.05, 0.1) is 0 Å². The molecule has 0 saturated carbocycles. The van der Waals surface area contributed by atoms with Gasteiger partial charge in [-0.25, -0.2) is 4.98 Å². The van der Waals surface area contributed by atoms with Crippen LogP contribution in [0.5, 0.6) is 0 Å². The molecule has 2 nitrogen and oxygen atoms in total. The van der Waals surface area contributed by atoms with Gasteiger partial charge in [0.25, 0.3) is 0 Å². The lowest BCUT2D eigenvalue weighted by molar-refractivity contribution is 0.616. The van der Waals surface area contributed by atoms with E-state index in [1.165, 1.54) is 5.69 Å². The van der Waals surface area contributed by atoms with Crippen molar-refractivity contribution in [1.29, 1.82) is 0 Å². The normalized spacial score (nSPS) is 10.7. The summed E-state index contributed by atoms with van der Waals surface area (Å²) in [5.74, 6) is 2.51. The highest BCUT2D eigenvalue weighted by Crippen LogP contribution is 2.08. The fourth-order valence-corrected chi connectivity index (χ4v) is 1.44. The molecule has 0 atom stereocenters. The van der Waals surface area contributed by atoms with Crippen molar-refractivity contribution >= 4 is 12.4 Å². The number of H-pyrrole nitrogens is 1. The van der Waals surface area contributed by atoms with Gasteiger partial charge in [-0.3, -0.25) is 0 Å². The minimum Gasteiger partial charge on any atom is -0.346 e. The highest BCUT2D eigenvalue weighted by molar-refractivity contribution is 5.85. The number of rotatable bonds is 4. The van der Waals surface area contributed by atoms with E-state index in [4.69, 9.17) is 0 Å². The molecular formula is C11H21ClN2. The van der Waals surface area contributed by atoms with E-state index < -0.39 is 0 Å². The van der Waals surface area contributed by atoms with Crippen LogP contribution in [-0.4, -0.2) is 9.97 Å². The first-order valence-electron chi connectivity index (χ1n) is 5.10. The fraction of sp³-hybridized carbons (Fsp3) is 0.727. The second kappa shape index (κ2) is 6.07. The Balaban J connectivity index is 0.00000169. The zero-order valence-corrected chi connectivity index (χ0v) is 10.3. The van der Waals surface area contributed by atoms with Gasteiger partial charge < -0.3 is 4.98 Å². The van der Waals surface area contributed by atoms with E-state index in [9.17, 15) is 0 Å². The van der Waals surface area contributed by atoms with Crippen LogP contribution in [0.25, 0.3) is 0 Å². The van der Waals surface area contributed by atoms with E-state index in [0.29, 0.717) is 11.8 Å². The lowest BCUT2D eigenvalue weighted by Gasteiger charge is -2.01. The fourth-order valence-electron chi connectivity index (χ4n) is 1.44. The summed E-state index contributed by atoms with van der Waals surface area (Å²) < 4.78 is 0. The predicted octanol–water partition coefficient (Wildman–Crippen LogP) is 3.23. The second-order valence-corrected chi connectivity index (χ2v) is 4.55. The van der Waals surface area contributed by atoms with E-state index in [2.05, 4.69) is 37.7 Å². The predicted molar refractivity (Wildman–Crippen MR) is 62.9 cm³/mol.